The largest absolute Gasteiger partial charge is 0.481 e. The van der Waals surface area contributed by atoms with E-state index in [-0.39, 0.29) is 5.54 Å². The lowest BCUT2D eigenvalue weighted by atomic mass is 9.71. The molecule has 12 heteroatoms. The molecule has 1 heterocycles. The molecule has 1 aliphatic rings. The zero-order chi connectivity index (χ0) is 32.2. The predicted octanol–water partition coefficient (Wildman–Crippen LogP) is 5.45. The van der Waals surface area contributed by atoms with Gasteiger partial charge >= 0.3 is 24.1 Å². The molecule has 0 radical (unpaired) electrons. The van der Waals surface area contributed by atoms with E-state index in [1.165, 1.54) is 17.7 Å². The van der Waals surface area contributed by atoms with Crippen molar-refractivity contribution in [2.45, 2.75) is 75.1 Å². The van der Waals surface area contributed by atoms with Crippen molar-refractivity contribution in [1.82, 2.24) is 9.88 Å². The van der Waals surface area contributed by atoms with Crippen LogP contribution in [0.2, 0.25) is 0 Å². The number of aliphatic carboxylic acids is 3. The molecule has 0 aliphatic heterocycles. The Bertz CT molecular complexity index is 1430. The molecule has 3 aromatic rings. The summed E-state index contributed by atoms with van der Waals surface area (Å²) in [5, 5.41) is 34.5. The summed E-state index contributed by atoms with van der Waals surface area (Å²) in [4.78, 5) is 36.3. The molecule has 9 nitrogen and oxygen atoms in total. The molecule has 43 heavy (non-hydrogen) atoms. The number of fused-ring (bicyclic) bond motifs is 1. The number of nitrogens with zero attached hydrogens (tertiary/aromatic N) is 1. The summed E-state index contributed by atoms with van der Waals surface area (Å²) in [6, 6.07) is 14.6. The number of aliphatic hydroxyl groups is 1. The third-order valence-electron chi connectivity index (χ3n) is 8.36. The maximum absolute atomic E-state index is 13.1. The first-order valence-electron chi connectivity index (χ1n) is 13.8. The van der Waals surface area contributed by atoms with E-state index in [1.54, 1.807) is 6.07 Å². The molecule has 1 fully saturated rings. The number of benzene rings is 2. The smallest absolute Gasteiger partial charge is 0.416 e. The Balaban J connectivity index is 0.000000331. The van der Waals surface area contributed by atoms with Crippen LogP contribution in [-0.4, -0.2) is 73.5 Å². The quantitative estimate of drug-likeness (QED) is 0.216. The van der Waals surface area contributed by atoms with Crippen molar-refractivity contribution in [3.05, 3.63) is 70.9 Å². The van der Waals surface area contributed by atoms with Crippen molar-refractivity contribution in [2.75, 3.05) is 14.1 Å². The fraction of sp³-hybridized carbons (Fsp3) is 0.452. The van der Waals surface area contributed by atoms with Gasteiger partial charge in [0.25, 0.3) is 0 Å². The van der Waals surface area contributed by atoms with E-state index < -0.39 is 48.1 Å². The second-order valence-electron chi connectivity index (χ2n) is 11.5. The summed E-state index contributed by atoms with van der Waals surface area (Å²) in [5.74, 6) is -4.66. The number of alkyl halides is 3. The molecule has 0 amide bonds. The minimum Gasteiger partial charge on any atom is -0.481 e. The first kappa shape index (κ1) is 33.6. The number of aromatic amines is 1. The van der Waals surface area contributed by atoms with Crippen LogP contribution < -0.4 is 0 Å². The number of H-pyrrole nitrogens is 1. The topological polar surface area (TPSA) is 151 Å². The predicted molar refractivity (Wildman–Crippen MR) is 153 cm³/mol. The molecule has 1 saturated carbocycles. The minimum atomic E-state index is -4.31. The van der Waals surface area contributed by atoms with Crippen molar-refractivity contribution in [3.63, 3.8) is 0 Å². The fourth-order valence-electron chi connectivity index (χ4n) is 5.85. The van der Waals surface area contributed by atoms with Crippen LogP contribution in [0.5, 0.6) is 0 Å². The van der Waals surface area contributed by atoms with Crippen LogP contribution in [0, 0.1) is 6.92 Å². The van der Waals surface area contributed by atoms with Gasteiger partial charge < -0.3 is 30.3 Å². The molecule has 234 valence electrons. The molecule has 0 atom stereocenters. The van der Waals surface area contributed by atoms with Crippen molar-refractivity contribution < 1.29 is 48.0 Å². The van der Waals surface area contributed by atoms with Gasteiger partial charge in [-0.3, -0.25) is 9.59 Å². The van der Waals surface area contributed by atoms with Crippen LogP contribution >= 0.6 is 0 Å². The number of hydrogen-bond acceptors (Lipinski definition) is 5. The lowest BCUT2D eigenvalue weighted by Gasteiger charge is -2.45. The van der Waals surface area contributed by atoms with Gasteiger partial charge in [-0.2, -0.15) is 13.2 Å². The highest BCUT2D eigenvalue weighted by Gasteiger charge is 2.41. The van der Waals surface area contributed by atoms with Gasteiger partial charge in [-0.25, -0.2) is 4.79 Å². The molecule has 0 saturated heterocycles. The maximum Gasteiger partial charge on any atom is 0.416 e. The third kappa shape index (κ3) is 8.14. The van der Waals surface area contributed by atoms with Crippen molar-refractivity contribution in [1.29, 1.82) is 0 Å². The van der Waals surface area contributed by atoms with E-state index in [0.717, 1.165) is 48.9 Å². The van der Waals surface area contributed by atoms with Gasteiger partial charge in [0.15, 0.2) is 5.60 Å². The second kappa shape index (κ2) is 13.2. The highest BCUT2D eigenvalue weighted by molar-refractivity contribution is 5.88. The number of likely N-dealkylation sites (N-methyl/N-ethyl adjacent to an activating group) is 1. The number of nitrogens with one attached hydrogen (secondary N) is 1. The van der Waals surface area contributed by atoms with Crippen LogP contribution in [0.1, 0.15) is 66.8 Å². The standard InChI is InChI=1S/C25H29F3N2.C6H8O7/c1-17-21-15-20(25(26,27)28)9-10-22(21)29-23(17)19-11-13-24(14-12-19,30(2)3)16-18-7-5-4-6-8-18;7-3(8)1-6(13,5(11)12)2-4(9)10/h4-10,15,19,29H,11-14,16H2,1-3H3;13H,1-2H2,(H,7,8)(H,9,10)(H,11,12). The Morgan fingerprint density at radius 1 is 0.953 bits per heavy atom. The normalized spacial score (nSPS) is 19.1. The number of halogens is 3. The van der Waals surface area contributed by atoms with Crippen molar-refractivity contribution >= 4 is 28.8 Å². The molecule has 0 spiro atoms. The number of carboxylic acid groups (broad SMARTS) is 3. The van der Waals surface area contributed by atoms with Gasteiger partial charge in [0.1, 0.15) is 0 Å². The Hall–Kier alpha value is -3.90. The van der Waals surface area contributed by atoms with E-state index in [4.69, 9.17) is 20.4 Å². The lowest BCUT2D eigenvalue weighted by molar-refractivity contribution is -0.170. The number of hydrogen-bond donors (Lipinski definition) is 5. The van der Waals surface area contributed by atoms with Gasteiger partial charge in [0.05, 0.1) is 18.4 Å². The molecule has 5 N–H and O–H groups in total. The van der Waals surface area contributed by atoms with Crippen LogP contribution in [-0.2, 0) is 27.0 Å². The molecule has 0 unspecified atom stereocenters. The number of carboxylic acids is 3. The van der Waals surface area contributed by atoms with Gasteiger partial charge in [0.2, 0.25) is 0 Å². The van der Waals surface area contributed by atoms with E-state index in [1.807, 2.05) is 13.0 Å². The highest BCUT2D eigenvalue weighted by atomic mass is 19.4. The Kier molecular flexibility index (Phi) is 10.3. The molecule has 1 aromatic heterocycles. The SMILES string of the molecule is Cc1c(C2CCC(Cc3ccccc3)(N(C)C)CC2)[nH]c2ccc(C(F)(F)F)cc12.O=C(O)CC(O)(CC(=O)O)C(=O)O. The zero-order valence-electron chi connectivity index (χ0n) is 24.2. The van der Waals surface area contributed by atoms with Crippen LogP contribution in [0.25, 0.3) is 10.9 Å². The summed E-state index contributed by atoms with van der Waals surface area (Å²) < 4.78 is 39.4. The Labute approximate surface area is 247 Å². The summed E-state index contributed by atoms with van der Waals surface area (Å²) in [7, 11) is 4.33. The first-order chi connectivity index (χ1) is 20.0. The van der Waals surface area contributed by atoms with Gasteiger partial charge in [-0.15, -0.1) is 0 Å². The summed E-state index contributed by atoms with van der Waals surface area (Å²) >= 11 is 0. The highest BCUT2D eigenvalue weighted by Crippen LogP contribution is 2.44. The maximum atomic E-state index is 13.1. The van der Waals surface area contributed by atoms with Crippen LogP contribution in [0.4, 0.5) is 13.2 Å². The van der Waals surface area contributed by atoms with Gasteiger partial charge in [-0.1, -0.05) is 30.3 Å². The molecule has 4 rings (SSSR count). The van der Waals surface area contributed by atoms with Gasteiger partial charge in [0, 0.05) is 22.1 Å². The summed E-state index contributed by atoms with van der Waals surface area (Å²) in [5.41, 5.74) is 1.02. The summed E-state index contributed by atoms with van der Waals surface area (Å²) in [6.07, 6.45) is -1.37. The van der Waals surface area contributed by atoms with Crippen LogP contribution in [0.15, 0.2) is 48.5 Å². The molecular weight excluding hydrogens is 569 g/mol. The lowest BCUT2D eigenvalue weighted by Crippen LogP contribution is -2.48. The number of aromatic nitrogens is 1. The Morgan fingerprint density at radius 3 is 1.98 bits per heavy atom. The van der Waals surface area contributed by atoms with E-state index in [9.17, 15) is 27.6 Å². The van der Waals surface area contributed by atoms with E-state index >= 15 is 0 Å². The second-order valence-corrected chi connectivity index (χ2v) is 11.5. The van der Waals surface area contributed by atoms with E-state index in [0.29, 0.717) is 11.3 Å². The molecule has 1 aliphatic carbocycles. The molecule has 0 bridgehead atoms. The monoisotopic (exact) mass is 606 g/mol. The first-order valence-corrected chi connectivity index (χ1v) is 13.8. The third-order valence-corrected chi connectivity index (χ3v) is 8.36. The minimum absolute atomic E-state index is 0.126. The average Bonchev–Trinajstić information content (AvgIpc) is 3.24. The average molecular weight is 607 g/mol. The number of aryl methyl sites for hydroxylation is 1. The van der Waals surface area contributed by atoms with Crippen molar-refractivity contribution in [3.8, 4) is 0 Å². The zero-order valence-corrected chi connectivity index (χ0v) is 24.2. The van der Waals surface area contributed by atoms with E-state index in [2.05, 4.69) is 48.2 Å². The molecular formula is C31H37F3N2O7. The van der Waals surface area contributed by atoms with Crippen molar-refractivity contribution in [2.24, 2.45) is 0 Å². The number of carbonyl (C=O) groups is 3. The number of rotatable bonds is 9. The summed E-state index contributed by atoms with van der Waals surface area (Å²) in [6.45, 7) is 1.95. The van der Waals surface area contributed by atoms with Gasteiger partial charge in [-0.05, 0) is 88.4 Å². The Morgan fingerprint density at radius 2 is 1.51 bits per heavy atom. The molecule has 2 aromatic carbocycles. The van der Waals surface area contributed by atoms with Crippen LogP contribution in [0.3, 0.4) is 0 Å². The fourth-order valence-corrected chi connectivity index (χ4v) is 5.85.